The molecule has 0 saturated carbocycles. The number of aliphatic carboxylic acids is 1. The van der Waals surface area contributed by atoms with Crippen LogP contribution in [0.4, 0.5) is 11.4 Å². The summed E-state index contributed by atoms with van der Waals surface area (Å²) in [5.74, 6) is -0.527. The Morgan fingerprint density at radius 3 is 2.15 bits per heavy atom. The van der Waals surface area contributed by atoms with Gasteiger partial charge in [-0.05, 0) is 30.0 Å². The molecule has 1 N–H and O–H groups in total. The van der Waals surface area contributed by atoms with Crippen LogP contribution in [0.25, 0.3) is 0 Å². The summed E-state index contributed by atoms with van der Waals surface area (Å²) < 4.78 is 5.01. The Balaban J connectivity index is 0.00000200. The molecule has 0 aliphatic carbocycles. The van der Waals surface area contributed by atoms with Crippen molar-refractivity contribution in [1.82, 2.24) is 0 Å². The number of carboxylic acid groups (broad SMARTS) is 1. The smallest absolute Gasteiger partial charge is 0.341 e. The number of hydrogen-bond donors (Lipinski definition) is 1. The minimum absolute atomic E-state index is 0. The molecular formula is C14H11N2O3Y-. The largest absolute Gasteiger partial charge is 0.482 e. The molecule has 0 fully saturated rings. The van der Waals surface area contributed by atoms with Gasteiger partial charge in [0.15, 0.2) is 6.61 Å². The number of hydrogen-bond acceptors (Lipinski definition) is 4. The fourth-order valence-corrected chi connectivity index (χ4v) is 1.31. The molecule has 1 radical (unpaired) electrons. The molecule has 0 bridgehead atoms. The van der Waals surface area contributed by atoms with Crippen LogP contribution in [0.3, 0.4) is 0 Å². The van der Waals surface area contributed by atoms with Crippen molar-refractivity contribution in [3.8, 4) is 5.75 Å². The number of carbonyl (C=O) groups is 1. The third-order valence-corrected chi connectivity index (χ3v) is 2.18. The van der Waals surface area contributed by atoms with Crippen molar-refractivity contribution >= 4 is 17.3 Å². The molecule has 99 valence electrons. The first kappa shape index (κ1) is 16.5. The molecule has 2 aromatic rings. The quantitative estimate of drug-likeness (QED) is 0.668. The van der Waals surface area contributed by atoms with Gasteiger partial charge in [0.2, 0.25) is 0 Å². The minimum Gasteiger partial charge on any atom is -0.482 e. The van der Waals surface area contributed by atoms with Crippen molar-refractivity contribution in [2.75, 3.05) is 6.61 Å². The van der Waals surface area contributed by atoms with E-state index in [0.29, 0.717) is 11.4 Å². The number of carboxylic acids is 1. The van der Waals surface area contributed by atoms with Crippen LogP contribution in [0.15, 0.2) is 58.8 Å². The van der Waals surface area contributed by atoms with Gasteiger partial charge in [-0.2, -0.15) is 28.4 Å². The maximum absolute atomic E-state index is 10.3. The van der Waals surface area contributed by atoms with E-state index in [-0.39, 0.29) is 39.3 Å². The Morgan fingerprint density at radius 1 is 1.05 bits per heavy atom. The molecule has 0 aliphatic rings. The van der Waals surface area contributed by atoms with E-state index in [4.69, 9.17) is 9.84 Å². The van der Waals surface area contributed by atoms with E-state index in [9.17, 15) is 4.79 Å². The van der Waals surface area contributed by atoms with Crippen molar-refractivity contribution < 1.29 is 47.3 Å². The molecule has 2 aromatic carbocycles. The molecule has 0 amide bonds. The van der Waals surface area contributed by atoms with Crippen molar-refractivity contribution in [2.45, 2.75) is 0 Å². The molecule has 0 spiro atoms. The molecule has 0 atom stereocenters. The Bertz CT molecular complexity index is 571. The van der Waals surface area contributed by atoms with Crippen LogP contribution in [0.2, 0.25) is 0 Å². The molecule has 0 unspecified atom stereocenters. The Labute approximate surface area is 141 Å². The number of nitrogens with zero attached hydrogens (tertiary/aromatic N) is 2. The molecule has 6 heteroatoms. The predicted octanol–water partition coefficient (Wildman–Crippen LogP) is 3.36. The number of ether oxygens (including phenoxy) is 1. The first-order chi connectivity index (χ1) is 9.24. The van der Waals surface area contributed by atoms with Gasteiger partial charge in [-0.25, -0.2) is 4.79 Å². The Hall–Kier alpha value is -1.59. The van der Waals surface area contributed by atoms with E-state index >= 15 is 0 Å². The van der Waals surface area contributed by atoms with Crippen LogP contribution in [-0.4, -0.2) is 17.7 Å². The molecule has 0 saturated heterocycles. The van der Waals surface area contributed by atoms with E-state index in [1.165, 1.54) is 0 Å². The molecule has 0 aliphatic heterocycles. The van der Waals surface area contributed by atoms with Gasteiger partial charge in [0.25, 0.3) is 0 Å². The van der Waals surface area contributed by atoms with E-state index in [0.717, 1.165) is 5.69 Å². The molecule has 5 nitrogen and oxygen atoms in total. The second-order valence-corrected chi connectivity index (χ2v) is 3.63. The second-order valence-electron chi connectivity index (χ2n) is 3.63. The summed E-state index contributed by atoms with van der Waals surface area (Å²) in [7, 11) is 0. The third kappa shape index (κ3) is 5.59. The van der Waals surface area contributed by atoms with E-state index in [1.807, 2.05) is 0 Å². The number of azo groups is 1. The van der Waals surface area contributed by atoms with Gasteiger partial charge in [0, 0.05) is 32.7 Å². The SMILES string of the molecule is O=C(O)COc1ccc(N=Nc2cc[c-]cc2)cc1.[Y]. The van der Waals surface area contributed by atoms with Gasteiger partial charge in [0.1, 0.15) is 5.75 Å². The second kappa shape index (κ2) is 8.56. The zero-order valence-corrected chi connectivity index (χ0v) is 13.4. The van der Waals surface area contributed by atoms with Crippen LogP contribution in [0, 0.1) is 6.07 Å². The summed E-state index contributed by atoms with van der Waals surface area (Å²) in [6, 6.07) is 16.7. The molecule has 0 aromatic heterocycles. The maximum Gasteiger partial charge on any atom is 0.341 e. The van der Waals surface area contributed by atoms with Gasteiger partial charge < -0.3 is 9.84 Å². The van der Waals surface area contributed by atoms with Gasteiger partial charge in [-0.3, -0.25) is 0 Å². The molecular weight excluding hydrogens is 333 g/mol. The van der Waals surface area contributed by atoms with Crippen LogP contribution in [-0.2, 0) is 37.5 Å². The van der Waals surface area contributed by atoms with Crippen molar-refractivity contribution in [1.29, 1.82) is 0 Å². The monoisotopic (exact) mass is 344 g/mol. The molecule has 2 rings (SSSR count). The number of rotatable bonds is 5. The van der Waals surface area contributed by atoms with Crippen molar-refractivity contribution in [2.24, 2.45) is 10.2 Å². The summed E-state index contributed by atoms with van der Waals surface area (Å²) in [5.41, 5.74) is 1.40. The van der Waals surface area contributed by atoms with Crippen LogP contribution in [0.5, 0.6) is 5.75 Å². The van der Waals surface area contributed by atoms with Crippen molar-refractivity contribution in [3.63, 3.8) is 0 Å². The van der Waals surface area contributed by atoms with Crippen molar-refractivity contribution in [3.05, 3.63) is 54.6 Å². The average Bonchev–Trinajstić information content (AvgIpc) is 2.45. The van der Waals surface area contributed by atoms with Crippen LogP contribution >= 0.6 is 0 Å². The van der Waals surface area contributed by atoms with Gasteiger partial charge in [-0.1, -0.05) is 0 Å². The standard InChI is InChI=1S/C14H11N2O3.Y/c17-14(18)10-19-13-8-6-12(7-9-13)16-15-11-4-2-1-3-5-11;/h2-9H,10H2,(H,17,18);/q-1;. The first-order valence-electron chi connectivity index (χ1n) is 5.56. The van der Waals surface area contributed by atoms with Gasteiger partial charge in [0.05, 0.1) is 5.69 Å². The van der Waals surface area contributed by atoms with E-state index in [1.54, 1.807) is 48.5 Å². The Kier molecular flexibility index (Phi) is 7.05. The van der Waals surface area contributed by atoms with Crippen LogP contribution in [0.1, 0.15) is 0 Å². The fourth-order valence-electron chi connectivity index (χ4n) is 1.31. The summed E-state index contributed by atoms with van der Waals surface area (Å²) in [5, 5.41) is 16.6. The molecule has 20 heavy (non-hydrogen) atoms. The minimum atomic E-state index is -1.01. The predicted molar refractivity (Wildman–Crippen MR) is 69.0 cm³/mol. The summed E-state index contributed by atoms with van der Waals surface area (Å²) in [6.07, 6.45) is 0. The zero-order chi connectivity index (χ0) is 13.5. The summed E-state index contributed by atoms with van der Waals surface area (Å²) >= 11 is 0. The molecule has 0 heterocycles. The summed E-state index contributed by atoms with van der Waals surface area (Å²) in [4.78, 5) is 10.3. The summed E-state index contributed by atoms with van der Waals surface area (Å²) in [6.45, 7) is -0.360. The van der Waals surface area contributed by atoms with Crippen LogP contribution < -0.4 is 4.74 Å². The van der Waals surface area contributed by atoms with E-state index < -0.39 is 5.97 Å². The third-order valence-electron chi connectivity index (χ3n) is 2.18. The first-order valence-corrected chi connectivity index (χ1v) is 5.56. The maximum atomic E-state index is 10.3. The average molecular weight is 344 g/mol. The topological polar surface area (TPSA) is 71.2 Å². The zero-order valence-electron chi connectivity index (χ0n) is 10.6. The Morgan fingerprint density at radius 2 is 1.60 bits per heavy atom. The fraction of sp³-hybridized carbons (Fsp3) is 0.0714. The normalized spacial score (nSPS) is 10.0. The van der Waals surface area contributed by atoms with Gasteiger partial charge in [-0.15, -0.1) is 12.1 Å². The number of benzene rings is 2. The van der Waals surface area contributed by atoms with Gasteiger partial charge >= 0.3 is 5.97 Å². The van der Waals surface area contributed by atoms with E-state index in [2.05, 4.69) is 16.3 Å².